The summed E-state index contributed by atoms with van der Waals surface area (Å²) in [6.45, 7) is 0. The average molecular weight is 485 g/mol. The number of hydrogen-bond acceptors (Lipinski definition) is 6. The lowest BCUT2D eigenvalue weighted by Gasteiger charge is -2.42. The number of nitrogens with one attached hydrogen (secondary N) is 1. The van der Waals surface area contributed by atoms with E-state index in [1.807, 2.05) is 6.07 Å². The number of halogens is 1. The van der Waals surface area contributed by atoms with Crippen LogP contribution in [0.4, 0.5) is 10.1 Å². The fraction of sp³-hybridized carbons (Fsp3) is 0.348. The van der Waals surface area contributed by atoms with Gasteiger partial charge in [-0.1, -0.05) is 17.4 Å². The van der Waals surface area contributed by atoms with E-state index >= 15 is 0 Å². The number of hydrogen-bond donors (Lipinski definition) is 1. The summed E-state index contributed by atoms with van der Waals surface area (Å²) in [7, 11) is 0. The van der Waals surface area contributed by atoms with E-state index < -0.39 is 5.82 Å². The minimum atomic E-state index is -0.394. The minimum absolute atomic E-state index is 0.0498. The number of anilines is 1. The zero-order chi connectivity index (χ0) is 21.7. The third-order valence-corrected chi connectivity index (χ3v) is 11.2. The van der Waals surface area contributed by atoms with Gasteiger partial charge >= 0.3 is 4.87 Å². The number of carbonyl (C=O) groups is 2. The molecule has 1 N–H and O–H groups in total. The van der Waals surface area contributed by atoms with E-state index in [2.05, 4.69) is 16.4 Å². The number of imide groups is 1. The Bertz CT molecular complexity index is 1310. The zero-order valence-electron chi connectivity index (χ0n) is 16.6. The number of H-pyrrole nitrogens is 1. The van der Waals surface area contributed by atoms with Crippen LogP contribution in [0.5, 0.6) is 0 Å². The molecule has 1 saturated heterocycles. The topological polar surface area (TPSA) is 70.2 Å². The number of aromatic nitrogens is 1. The van der Waals surface area contributed by atoms with Crippen LogP contribution in [0.25, 0.3) is 0 Å². The van der Waals surface area contributed by atoms with E-state index in [1.54, 1.807) is 23.1 Å². The quantitative estimate of drug-likeness (QED) is 0.550. The lowest BCUT2D eigenvalue weighted by Crippen LogP contribution is -2.42. The molecule has 3 aromatic rings. The van der Waals surface area contributed by atoms with Crippen LogP contribution in [0.15, 0.2) is 51.6 Å². The van der Waals surface area contributed by atoms with E-state index in [1.165, 1.54) is 45.4 Å². The first-order chi connectivity index (χ1) is 15.5. The second-order valence-corrected chi connectivity index (χ2v) is 12.1. The summed E-state index contributed by atoms with van der Waals surface area (Å²) in [5.74, 6) is -0.873. The molecule has 32 heavy (non-hydrogen) atoms. The van der Waals surface area contributed by atoms with Crippen molar-refractivity contribution in [1.82, 2.24) is 4.98 Å². The molecule has 2 amide bonds. The lowest BCUT2D eigenvalue weighted by molar-refractivity contribution is -0.123. The van der Waals surface area contributed by atoms with Crippen LogP contribution in [0.3, 0.4) is 0 Å². The number of thiazole rings is 1. The maximum Gasteiger partial charge on any atom is 0.305 e. The van der Waals surface area contributed by atoms with Crippen LogP contribution in [0.2, 0.25) is 0 Å². The Morgan fingerprint density at radius 2 is 1.75 bits per heavy atom. The largest absolute Gasteiger partial charge is 0.307 e. The van der Waals surface area contributed by atoms with Gasteiger partial charge in [0, 0.05) is 20.9 Å². The van der Waals surface area contributed by atoms with Crippen LogP contribution >= 0.6 is 34.4 Å². The molecule has 2 aromatic heterocycles. The number of benzene rings is 1. The fourth-order valence-corrected chi connectivity index (χ4v) is 10.5. The Morgan fingerprint density at radius 1 is 1.00 bits per heavy atom. The lowest BCUT2D eigenvalue weighted by atomic mass is 9.69. The Labute approximate surface area is 194 Å². The van der Waals surface area contributed by atoms with Crippen molar-refractivity contribution in [2.45, 2.75) is 22.6 Å². The van der Waals surface area contributed by atoms with Gasteiger partial charge in [-0.3, -0.25) is 19.3 Å². The smallest absolute Gasteiger partial charge is 0.305 e. The molecule has 3 fully saturated rings. The van der Waals surface area contributed by atoms with E-state index in [-0.39, 0.29) is 57.4 Å². The molecule has 7 rings (SSSR count). The molecule has 4 heterocycles. The first-order valence-corrected chi connectivity index (χ1v) is 13.2. The molecule has 2 aliphatic heterocycles. The molecule has 5 nitrogen and oxygen atoms in total. The molecule has 0 radical (unpaired) electrons. The van der Waals surface area contributed by atoms with Crippen LogP contribution in [-0.4, -0.2) is 22.0 Å². The van der Waals surface area contributed by atoms with Gasteiger partial charge in [-0.05, 0) is 59.9 Å². The third kappa shape index (κ3) is 2.42. The second kappa shape index (κ2) is 6.65. The van der Waals surface area contributed by atoms with E-state index in [0.717, 1.165) is 16.3 Å². The highest BCUT2D eigenvalue weighted by atomic mass is 32.2. The predicted molar refractivity (Wildman–Crippen MR) is 122 cm³/mol. The van der Waals surface area contributed by atoms with Crippen molar-refractivity contribution < 1.29 is 14.0 Å². The van der Waals surface area contributed by atoms with Gasteiger partial charge in [-0.25, -0.2) is 4.39 Å². The highest BCUT2D eigenvalue weighted by molar-refractivity contribution is 8.00. The van der Waals surface area contributed by atoms with Gasteiger partial charge in [0.2, 0.25) is 11.8 Å². The Balaban J connectivity index is 1.32. The van der Waals surface area contributed by atoms with E-state index in [9.17, 15) is 18.8 Å². The first kappa shape index (κ1) is 19.3. The zero-order valence-corrected chi connectivity index (χ0v) is 19.0. The van der Waals surface area contributed by atoms with Crippen LogP contribution in [0.1, 0.15) is 22.1 Å². The fourth-order valence-electron chi connectivity index (χ4n) is 6.65. The number of thiophene rings is 1. The highest BCUT2D eigenvalue weighted by Gasteiger charge is 2.69. The molecule has 4 aliphatic rings. The summed E-state index contributed by atoms with van der Waals surface area (Å²) in [6.07, 6.45) is 0.869. The normalized spacial score (nSPS) is 34.7. The number of fused-ring (bicyclic) bond motifs is 9. The molecule has 0 spiro atoms. The van der Waals surface area contributed by atoms with Crippen molar-refractivity contribution in [3.05, 3.63) is 67.0 Å². The van der Waals surface area contributed by atoms with Crippen LogP contribution in [0, 0.1) is 35.4 Å². The monoisotopic (exact) mass is 484 g/mol. The molecular weight excluding hydrogens is 467 g/mol. The number of aromatic amines is 1. The van der Waals surface area contributed by atoms with Crippen molar-refractivity contribution in [3.8, 4) is 0 Å². The Morgan fingerprint density at radius 3 is 2.47 bits per heavy atom. The number of nitrogens with zero attached hydrogens (tertiary/aromatic N) is 1. The molecule has 2 aliphatic carbocycles. The summed E-state index contributed by atoms with van der Waals surface area (Å²) in [6, 6.07) is 9.73. The summed E-state index contributed by atoms with van der Waals surface area (Å²) >= 11 is 4.65. The molecule has 2 saturated carbocycles. The molecule has 162 valence electrons. The van der Waals surface area contributed by atoms with Gasteiger partial charge in [0.1, 0.15) is 5.82 Å². The highest BCUT2D eigenvalue weighted by Crippen LogP contribution is 2.68. The summed E-state index contributed by atoms with van der Waals surface area (Å²) in [4.78, 5) is 45.7. The number of carbonyl (C=O) groups excluding carboxylic acids is 2. The van der Waals surface area contributed by atoms with Crippen LogP contribution < -0.4 is 9.77 Å². The predicted octanol–water partition coefficient (Wildman–Crippen LogP) is 4.31. The van der Waals surface area contributed by atoms with Crippen molar-refractivity contribution in [2.24, 2.45) is 29.6 Å². The van der Waals surface area contributed by atoms with Gasteiger partial charge in [-0.15, -0.1) is 23.1 Å². The minimum Gasteiger partial charge on any atom is -0.307 e. The Hall–Kier alpha value is -2.23. The van der Waals surface area contributed by atoms with Crippen molar-refractivity contribution in [2.75, 3.05) is 4.90 Å². The van der Waals surface area contributed by atoms with Crippen molar-refractivity contribution in [1.29, 1.82) is 0 Å². The van der Waals surface area contributed by atoms with Crippen molar-refractivity contribution in [3.63, 3.8) is 0 Å². The van der Waals surface area contributed by atoms with Gasteiger partial charge in [0.15, 0.2) is 0 Å². The number of rotatable bonds is 2. The maximum atomic E-state index is 13.5. The molecule has 1 aromatic carbocycles. The number of thioether (sulfide) groups is 1. The summed E-state index contributed by atoms with van der Waals surface area (Å²) in [5, 5.41) is 3.17. The molecule has 2 bridgehead atoms. The molecule has 9 heteroatoms. The van der Waals surface area contributed by atoms with Crippen LogP contribution in [-0.2, 0) is 9.59 Å². The average Bonchev–Trinajstić information content (AvgIpc) is 3.57. The standard InChI is InChI=1S/C23H17FN2O3S3/c24-9-3-5-10(6-4-9)26-21(27)15-11-8-12(16(15)22(26)28)18-14(11)17(13-2-1-7-30-13)19-20(31-18)25-23(29)32-19/h1-7,11-12,14-18H,8H2,(H,25,29)/t11-,12-,14+,15-,16+,17-,18-/m1/s1. The van der Waals surface area contributed by atoms with E-state index in [4.69, 9.17) is 0 Å². The first-order valence-electron chi connectivity index (χ1n) is 10.6. The SMILES string of the molecule is O=C1[C@@H]2[C@@H]3C[C@@H]([C@H]4Sc5[nH]c(=O)sc5[C@H](c5cccs5)[C@H]34)[C@@H]2C(=O)N1c1ccc(F)cc1. The van der Waals surface area contributed by atoms with Gasteiger partial charge < -0.3 is 4.98 Å². The van der Waals surface area contributed by atoms with E-state index in [0.29, 0.717) is 5.69 Å². The maximum absolute atomic E-state index is 13.5. The van der Waals surface area contributed by atoms with Gasteiger partial charge in [0.05, 0.1) is 22.5 Å². The summed E-state index contributed by atoms with van der Waals surface area (Å²) in [5.41, 5.74) is 0.448. The Kier molecular flexibility index (Phi) is 4.00. The second-order valence-electron chi connectivity index (χ2n) is 8.96. The van der Waals surface area contributed by atoms with Gasteiger partial charge in [-0.2, -0.15) is 0 Å². The molecule has 0 unspecified atom stereocenters. The molecule has 7 atom stereocenters. The van der Waals surface area contributed by atoms with Crippen molar-refractivity contribution >= 4 is 51.9 Å². The summed E-state index contributed by atoms with van der Waals surface area (Å²) < 4.78 is 13.4. The number of amides is 2. The third-order valence-electron chi connectivity index (χ3n) is 7.66. The molecular formula is C23H17FN2O3S3. The van der Waals surface area contributed by atoms with Gasteiger partial charge in [0.25, 0.3) is 0 Å².